The predicted molar refractivity (Wildman–Crippen MR) is 88.7 cm³/mol. The monoisotopic (exact) mass is 321 g/mol. The lowest BCUT2D eigenvalue weighted by atomic mass is 9.90. The largest absolute Gasteiger partial charge is 0.491 e. The first-order valence-corrected chi connectivity index (χ1v) is 8.25. The van der Waals surface area contributed by atoms with Crippen LogP contribution in [0.3, 0.4) is 0 Å². The molecular formula is C18H27NO4. The number of hydrogen-bond acceptors (Lipinski definition) is 4. The summed E-state index contributed by atoms with van der Waals surface area (Å²) in [5, 5.41) is 12.4. The number of aliphatic carboxylic acids is 1. The van der Waals surface area contributed by atoms with Gasteiger partial charge in [-0.3, -0.25) is 4.79 Å². The molecule has 2 N–H and O–H groups in total. The average Bonchev–Trinajstić information content (AvgIpc) is 3.04. The Morgan fingerprint density at radius 3 is 2.74 bits per heavy atom. The Hall–Kier alpha value is -1.59. The van der Waals surface area contributed by atoms with E-state index < -0.39 is 11.4 Å². The molecule has 0 aromatic heterocycles. The molecule has 0 bridgehead atoms. The summed E-state index contributed by atoms with van der Waals surface area (Å²) in [6.45, 7) is 6.35. The van der Waals surface area contributed by atoms with Gasteiger partial charge in [0.2, 0.25) is 0 Å². The Balaban J connectivity index is 1.67. The van der Waals surface area contributed by atoms with Crippen LogP contribution in [0.4, 0.5) is 0 Å². The third kappa shape index (κ3) is 5.84. The quantitative estimate of drug-likeness (QED) is 0.685. The lowest BCUT2D eigenvalue weighted by Crippen LogP contribution is -2.28. The number of hydrogen-bond donors (Lipinski definition) is 2. The van der Waals surface area contributed by atoms with Gasteiger partial charge in [0.05, 0.1) is 11.5 Å². The molecule has 1 heterocycles. The number of carboxylic acid groups (broad SMARTS) is 1. The van der Waals surface area contributed by atoms with Crippen molar-refractivity contribution in [2.45, 2.75) is 45.8 Å². The molecule has 5 nitrogen and oxygen atoms in total. The van der Waals surface area contributed by atoms with Crippen molar-refractivity contribution in [3.05, 3.63) is 29.8 Å². The molecule has 0 radical (unpaired) electrons. The Labute approximate surface area is 138 Å². The van der Waals surface area contributed by atoms with Crippen LogP contribution in [-0.2, 0) is 16.1 Å². The van der Waals surface area contributed by atoms with Crippen LogP contribution in [-0.4, -0.2) is 36.9 Å². The van der Waals surface area contributed by atoms with E-state index in [0.29, 0.717) is 19.6 Å². The summed E-state index contributed by atoms with van der Waals surface area (Å²) in [6, 6.07) is 7.99. The minimum Gasteiger partial charge on any atom is -0.491 e. The zero-order valence-corrected chi connectivity index (χ0v) is 14.0. The van der Waals surface area contributed by atoms with Crippen LogP contribution in [0.15, 0.2) is 24.3 Å². The van der Waals surface area contributed by atoms with Crippen LogP contribution in [0, 0.1) is 5.41 Å². The zero-order valence-electron chi connectivity index (χ0n) is 14.0. The number of carboxylic acids is 1. The molecule has 5 heteroatoms. The van der Waals surface area contributed by atoms with Crippen molar-refractivity contribution in [2.75, 3.05) is 19.8 Å². The molecule has 0 saturated carbocycles. The van der Waals surface area contributed by atoms with E-state index in [1.807, 2.05) is 24.3 Å². The van der Waals surface area contributed by atoms with Crippen LogP contribution >= 0.6 is 0 Å². The van der Waals surface area contributed by atoms with E-state index in [1.165, 1.54) is 0 Å². The van der Waals surface area contributed by atoms with Crippen molar-refractivity contribution in [1.29, 1.82) is 0 Å². The van der Waals surface area contributed by atoms with E-state index in [0.717, 1.165) is 37.3 Å². The van der Waals surface area contributed by atoms with E-state index >= 15 is 0 Å². The molecule has 23 heavy (non-hydrogen) atoms. The summed E-state index contributed by atoms with van der Waals surface area (Å²) < 4.78 is 11.3. The minimum absolute atomic E-state index is 0.230. The first-order chi connectivity index (χ1) is 11.0. The molecule has 1 aliphatic rings. The van der Waals surface area contributed by atoms with Crippen molar-refractivity contribution in [3.8, 4) is 5.75 Å². The minimum atomic E-state index is -0.757. The Morgan fingerprint density at radius 1 is 1.39 bits per heavy atom. The molecule has 1 saturated heterocycles. The first-order valence-electron chi connectivity index (χ1n) is 8.25. The van der Waals surface area contributed by atoms with Crippen molar-refractivity contribution in [2.24, 2.45) is 5.41 Å². The van der Waals surface area contributed by atoms with Gasteiger partial charge in [-0.2, -0.15) is 0 Å². The number of nitrogens with one attached hydrogen (secondary N) is 1. The van der Waals surface area contributed by atoms with E-state index in [-0.39, 0.29) is 6.10 Å². The number of ether oxygens (including phenoxy) is 2. The van der Waals surface area contributed by atoms with Gasteiger partial charge in [0.25, 0.3) is 0 Å². The van der Waals surface area contributed by atoms with Crippen molar-refractivity contribution in [3.63, 3.8) is 0 Å². The average molecular weight is 321 g/mol. The second-order valence-electron chi connectivity index (χ2n) is 6.71. The molecule has 1 unspecified atom stereocenters. The topological polar surface area (TPSA) is 67.8 Å². The van der Waals surface area contributed by atoms with Crippen LogP contribution in [0.1, 0.15) is 38.7 Å². The highest BCUT2D eigenvalue weighted by Crippen LogP contribution is 2.20. The number of rotatable bonds is 9. The molecule has 0 aliphatic carbocycles. The van der Waals surface area contributed by atoms with Crippen molar-refractivity contribution >= 4 is 5.97 Å². The number of benzene rings is 1. The van der Waals surface area contributed by atoms with Gasteiger partial charge in [-0.05, 0) is 57.4 Å². The van der Waals surface area contributed by atoms with E-state index in [2.05, 4.69) is 5.32 Å². The highest BCUT2D eigenvalue weighted by atomic mass is 16.5. The van der Waals surface area contributed by atoms with Crippen LogP contribution in [0.25, 0.3) is 0 Å². The standard InChI is InChI=1S/C18H27NO4/c1-18(2,17(20)21)9-10-19-12-14-5-7-15(8-6-14)23-13-16-4-3-11-22-16/h5-8,16,19H,3-4,9-13H2,1-2H3,(H,20,21). The van der Waals surface area contributed by atoms with Gasteiger partial charge < -0.3 is 19.9 Å². The van der Waals surface area contributed by atoms with E-state index in [4.69, 9.17) is 14.6 Å². The lowest BCUT2D eigenvalue weighted by Gasteiger charge is -2.19. The molecule has 1 aromatic rings. The fraction of sp³-hybridized carbons (Fsp3) is 0.611. The summed E-state index contributed by atoms with van der Waals surface area (Å²) in [5.74, 6) is 0.100. The molecule has 2 rings (SSSR count). The number of carbonyl (C=O) groups is 1. The molecule has 0 spiro atoms. The maximum Gasteiger partial charge on any atom is 0.309 e. The normalized spacial score (nSPS) is 18.1. The summed E-state index contributed by atoms with van der Waals surface area (Å²) in [6.07, 6.45) is 3.03. The molecule has 0 amide bonds. The molecular weight excluding hydrogens is 294 g/mol. The second-order valence-corrected chi connectivity index (χ2v) is 6.71. The molecule has 1 fully saturated rings. The first kappa shape index (κ1) is 17.8. The second kappa shape index (κ2) is 8.31. The van der Waals surface area contributed by atoms with Gasteiger partial charge in [-0.25, -0.2) is 0 Å². The third-order valence-corrected chi connectivity index (χ3v) is 4.22. The van der Waals surface area contributed by atoms with Gasteiger partial charge in [0, 0.05) is 13.2 Å². The Morgan fingerprint density at radius 2 is 2.13 bits per heavy atom. The van der Waals surface area contributed by atoms with Gasteiger partial charge in [0.15, 0.2) is 0 Å². The summed E-state index contributed by atoms with van der Waals surface area (Å²) in [4.78, 5) is 11.0. The molecule has 128 valence electrons. The maximum atomic E-state index is 11.0. The van der Waals surface area contributed by atoms with Gasteiger partial charge in [0.1, 0.15) is 12.4 Å². The maximum absolute atomic E-state index is 11.0. The smallest absolute Gasteiger partial charge is 0.309 e. The fourth-order valence-electron chi connectivity index (χ4n) is 2.41. The lowest BCUT2D eigenvalue weighted by molar-refractivity contribution is -0.147. The van der Waals surface area contributed by atoms with Crippen LogP contribution in [0.5, 0.6) is 5.75 Å². The van der Waals surface area contributed by atoms with E-state index in [1.54, 1.807) is 13.8 Å². The fourth-order valence-corrected chi connectivity index (χ4v) is 2.41. The summed E-state index contributed by atoms with van der Waals surface area (Å²) in [5.41, 5.74) is 0.468. The Bertz CT molecular complexity index is 492. The highest BCUT2D eigenvalue weighted by molar-refractivity contribution is 5.73. The van der Waals surface area contributed by atoms with E-state index in [9.17, 15) is 4.79 Å². The molecule has 1 aliphatic heterocycles. The van der Waals surface area contributed by atoms with Gasteiger partial charge in [-0.1, -0.05) is 12.1 Å². The SMILES string of the molecule is CC(C)(CCNCc1ccc(OCC2CCCO2)cc1)C(=O)O. The molecule has 1 aromatic carbocycles. The zero-order chi connectivity index (χ0) is 16.7. The third-order valence-electron chi connectivity index (χ3n) is 4.22. The molecule has 1 atom stereocenters. The predicted octanol–water partition coefficient (Wildman–Crippen LogP) is 2.83. The van der Waals surface area contributed by atoms with Crippen molar-refractivity contribution < 1.29 is 19.4 Å². The van der Waals surface area contributed by atoms with Crippen molar-refractivity contribution in [1.82, 2.24) is 5.32 Å². The summed E-state index contributed by atoms with van der Waals surface area (Å²) in [7, 11) is 0. The van der Waals surface area contributed by atoms with Gasteiger partial charge in [-0.15, -0.1) is 0 Å². The van der Waals surface area contributed by atoms with Gasteiger partial charge >= 0.3 is 5.97 Å². The summed E-state index contributed by atoms with van der Waals surface area (Å²) >= 11 is 0. The van der Waals surface area contributed by atoms with Crippen LogP contribution in [0.2, 0.25) is 0 Å². The Kier molecular flexibility index (Phi) is 6.42. The van der Waals surface area contributed by atoms with Crippen LogP contribution < -0.4 is 10.1 Å². The highest BCUT2D eigenvalue weighted by Gasteiger charge is 2.26.